The Morgan fingerprint density at radius 1 is 1.29 bits per heavy atom. The number of carbonyl (C=O) groups is 1. The molecule has 5 heteroatoms. The van der Waals surface area contributed by atoms with E-state index in [2.05, 4.69) is 49.6 Å². The maximum atomic E-state index is 13.5. The van der Waals surface area contributed by atoms with Crippen LogP contribution < -0.4 is 4.74 Å². The highest BCUT2D eigenvalue weighted by Crippen LogP contribution is 2.53. The zero-order valence-corrected chi connectivity index (χ0v) is 17.9. The quantitative estimate of drug-likeness (QED) is 0.680. The number of hydrogen-bond donors (Lipinski definition) is 0. The summed E-state index contributed by atoms with van der Waals surface area (Å²) in [6.07, 6.45) is 6.58. The number of rotatable bonds is 5. The Labute approximate surface area is 171 Å². The van der Waals surface area contributed by atoms with E-state index >= 15 is 0 Å². The van der Waals surface area contributed by atoms with Gasteiger partial charge in [-0.15, -0.1) is 11.8 Å². The van der Waals surface area contributed by atoms with E-state index in [1.54, 1.807) is 18.9 Å². The molecule has 4 nitrogen and oxygen atoms in total. The largest absolute Gasteiger partial charge is 0.497 e. The van der Waals surface area contributed by atoms with Crippen LogP contribution in [0.25, 0.3) is 16.5 Å². The van der Waals surface area contributed by atoms with Crippen molar-refractivity contribution in [3.05, 3.63) is 46.5 Å². The van der Waals surface area contributed by atoms with Crippen LogP contribution in [0.1, 0.15) is 50.1 Å². The van der Waals surface area contributed by atoms with Crippen LogP contribution in [-0.2, 0) is 11.3 Å². The van der Waals surface area contributed by atoms with E-state index in [0.29, 0.717) is 0 Å². The number of hydrogen-bond acceptors (Lipinski definition) is 3. The minimum atomic E-state index is -0.177. The van der Waals surface area contributed by atoms with Crippen molar-refractivity contribution in [3.8, 4) is 5.75 Å². The molecule has 2 aliphatic rings. The third-order valence-electron chi connectivity index (χ3n) is 5.83. The van der Waals surface area contributed by atoms with E-state index in [-0.39, 0.29) is 11.2 Å². The number of carbonyl (C=O) groups excluding carboxylic acids is 1. The van der Waals surface area contributed by atoms with Crippen molar-refractivity contribution in [2.45, 2.75) is 45.4 Å². The lowest BCUT2D eigenvalue weighted by atomic mass is 9.96. The summed E-state index contributed by atoms with van der Waals surface area (Å²) in [7, 11) is 1.70. The van der Waals surface area contributed by atoms with Gasteiger partial charge < -0.3 is 14.2 Å². The van der Waals surface area contributed by atoms with Crippen molar-refractivity contribution in [1.29, 1.82) is 0 Å². The molecule has 1 unspecified atom stereocenters. The average Bonchev–Trinajstić information content (AvgIpc) is 3.07. The fourth-order valence-corrected chi connectivity index (χ4v) is 5.84. The molecular weight excluding hydrogens is 368 g/mol. The Morgan fingerprint density at radius 3 is 2.75 bits per heavy atom. The van der Waals surface area contributed by atoms with Crippen LogP contribution in [0, 0.1) is 0 Å². The van der Waals surface area contributed by atoms with Crippen molar-refractivity contribution in [2.75, 3.05) is 20.2 Å². The summed E-state index contributed by atoms with van der Waals surface area (Å²) in [6, 6.07) is 6.24. The van der Waals surface area contributed by atoms with Gasteiger partial charge in [0.15, 0.2) is 0 Å². The zero-order chi connectivity index (χ0) is 19.8. The second kappa shape index (κ2) is 7.70. The van der Waals surface area contributed by atoms with E-state index in [1.165, 1.54) is 27.1 Å². The number of aromatic nitrogens is 1. The molecule has 2 aromatic rings. The highest BCUT2D eigenvalue weighted by atomic mass is 32.2. The number of thioether (sulfide) groups is 1. The van der Waals surface area contributed by atoms with Gasteiger partial charge in [-0.2, -0.15) is 0 Å². The Bertz CT molecular complexity index is 982. The summed E-state index contributed by atoms with van der Waals surface area (Å²) < 4.78 is 7.85. The Morgan fingerprint density at radius 2 is 2.07 bits per heavy atom. The Hall–Kier alpha value is -2.14. The molecule has 1 amide bonds. The number of benzene rings is 1. The first-order valence-corrected chi connectivity index (χ1v) is 11.1. The maximum absolute atomic E-state index is 13.5. The molecule has 0 fully saturated rings. The number of nitrogens with zero attached hydrogens (tertiary/aromatic N) is 2. The summed E-state index contributed by atoms with van der Waals surface area (Å²) in [5.74, 6) is 1.08. The van der Waals surface area contributed by atoms with Gasteiger partial charge in [0.1, 0.15) is 11.0 Å². The predicted molar refractivity (Wildman–Crippen MR) is 118 cm³/mol. The molecule has 1 aromatic carbocycles. The minimum Gasteiger partial charge on any atom is -0.497 e. The average molecular weight is 397 g/mol. The molecule has 28 heavy (non-hydrogen) atoms. The number of methoxy groups -OCH3 is 1. The van der Waals surface area contributed by atoms with E-state index in [9.17, 15) is 4.79 Å². The maximum Gasteiger partial charge on any atom is 0.240 e. The van der Waals surface area contributed by atoms with Crippen molar-refractivity contribution >= 4 is 34.1 Å². The van der Waals surface area contributed by atoms with Crippen LogP contribution in [0.5, 0.6) is 5.75 Å². The van der Waals surface area contributed by atoms with E-state index < -0.39 is 0 Å². The van der Waals surface area contributed by atoms with E-state index in [4.69, 9.17) is 4.74 Å². The van der Waals surface area contributed by atoms with Crippen LogP contribution in [0.15, 0.2) is 35.3 Å². The van der Waals surface area contributed by atoms with Gasteiger partial charge in [0.2, 0.25) is 5.91 Å². The molecule has 1 aliphatic heterocycles. The summed E-state index contributed by atoms with van der Waals surface area (Å²) in [6.45, 7) is 8.64. The van der Waals surface area contributed by atoms with Crippen molar-refractivity contribution in [2.24, 2.45) is 0 Å². The van der Waals surface area contributed by atoms with Crippen molar-refractivity contribution in [3.63, 3.8) is 0 Å². The van der Waals surface area contributed by atoms with Crippen molar-refractivity contribution < 1.29 is 9.53 Å². The smallest absolute Gasteiger partial charge is 0.240 e. The third-order valence-corrected chi connectivity index (χ3v) is 7.21. The standard InChI is InChI=1S/C23H28N2O2S/c1-5-24(6-2)23(26)22-20-16-13-12-15(27-4)14-18(16)25(7-3)21(20)17-10-8-9-11-19(17)28-22/h8,10,12-14,22H,5-7,9,11H2,1-4H3. The van der Waals surface area contributed by atoms with Crippen LogP contribution >= 0.6 is 11.8 Å². The molecule has 1 aromatic heterocycles. The molecule has 1 aliphatic carbocycles. The molecule has 0 N–H and O–H groups in total. The molecule has 2 heterocycles. The molecule has 0 saturated carbocycles. The van der Waals surface area contributed by atoms with Crippen LogP contribution in [0.2, 0.25) is 0 Å². The molecular formula is C23H28N2O2S. The number of allylic oxidation sites excluding steroid dienone is 4. The van der Waals surface area contributed by atoms with Gasteiger partial charge in [-0.05, 0) is 50.7 Å². The highest BCUT2D eigenvalue weighted by molar-refractivity contribution is 8.04. The number of aryl methyl sites for hydroxylation is 1. The van der Waals surface area contributed by atoms with Crippen LogP contribution in [0.4, 0.5) is 0 Å². The lowest BCUT2D eigenvalue weighted by Crippen LogP contribution is -2.34. The molecule has 0 radical (unpaired) electrons. The number of amides is 1. The van der Waals surface area contributed by atoms with Gasteiger partial charge in [0.25, 0.3) is 0 Å². The normalized spacial score (nSPS) is 18.2. The van der Waals surface area contributed by atoms with Gasteiger partial charge in [0.05, 0.1) is 18.3 Å². The minimum absolute atomic E-state index is 0.177. The fraction of sp³-hybridized carbons (Fsp3) is 0.435. The molecule has 0 saturated heterocycles. The summed E-state index contributed by atoms with van der Waals surface area (Å²) >= 11 is 1.77. The van der Waals surface area contributed by atoms with Crippen LogP contribution in [-0.4, -0.2) is 35.6 Å². The first-order chi connectivity index (χ1) is 13.6. The number of fused-ring (bicyclic) bond motifs is 4. The molecule has 1 atom stereocenters. The molecule has 148 valence electrons. The second-order valence-electron chi connectivity index (χ2n) is 7.18. The lowest BCUT2D eigenvalue weighted by molar-refractivity contribution is -0.130. The van der Waals surface area contributed by atoms with Gasteiger partial charge >= 0.3 is 0 Å². The summed E-state index contributed by atoms with van der Waals surface area (Å²) in [5, 5.41) is 0.991. The van der Waals surface area contributed by atoms with Crippen molar-refractivity contribution in [1.82, 2.24) is 9.47 Å². The Balaban J connectivity index is 2.00. The monoisotopic (exact) mass is 396 g/mol. The van der Waals surface area contributed by atoms with E-state index in [0.717, 1.165) is 43.7 Å². The Kier molecular flexibility index (Phi) is 5.28. The number of likely N-dealkylation sites (N-methyl/N-ethyl adjacent to an activating group) is 1. The molecule has 0 bridgehead atoms. The van der Waals surface area contributed by atoms with Gasteiger partial charge in [-0.3, -0.25) is 4.79 Å². The first kappa shape index (κ1) is 19.2. The topological polar surface area (TPSA) is 34.5 Å². The summed E-state index contributed by atoms with van der Waals surface area (Å²) in [4.78, 5) is 16.8. The van der Waals surface area contributed by atoms with Gasteiger partial charge in [0, 0.05) is 42.2 Å². The predicted octanol–water partition coefficient (Wildman–Crippen LogP) is 5.39. The fourth-order valence-electron chi connectivity index (χ4n) is 4.42. The summed E-state index contributed by atoms with van der Waals surface area (Å²) in [5.41, 5.74) is 4.84. The first-order valence-electron chi connectivity index (χ1n) is 10.2. The van der Waals surface area contributed by atoms with Crippen LogP contribution in [0.3, 0.4) is 0 Å². The second-order valence-corrected chi connectivity index (χ2v) is 8.38. The highest BCUT2D eigenvalue weighted by Gasteiger charge is 2.38. The lowest BCUT2D eigenvalue weighted by Gasteiger charge is -2.31. The van der Waals surface area contributed by atoms with E-state index in [1.807, 2.05) is 11.0 Å². The molecule has 0 spiro atoms. The van der Waals surface area contributed by atoms with Gasteiger partial charge in [-0.1, -0.05) is 12.2 Å². The van der Waals surface area contributed by atoms with Gasteiger partial charge in [-0.25, -0.2) is 0 Å². The zero-order valence-electron chi connectivity index (χ0n) is 17.1. The number of ether oxygens (including phenoxy) is 1. The third kappa shape index (κ3) is 2.87. The molecule has 4 rings (SSSR count). The SMILES string of the molecule is CCN(CC)C(=O)C1SC2=C(C=CCC2)c2c1c1ccc(OC)cc1n2CC.